The minimum atomic E-state index is -0.654. The number of nitro groups is 1. The molecule has 0 bridgehead atoms. The maximum atomic E-state index is 12.5. The Balaban J connectivity index is 2.03. The van der Waals surface area contributed by atoms with Gasteiger partial charge in [0.2, 0.25) is 0 Å². The van der Waals surface area contributed by atoms with Crippen LogP contribution in [0.15, 0.2) is 42.5 Å². The van der Waals surface area contributed by atoms with Crippen molar-refractivity contribution in [3.8, 4) is 0 Å². The van der Waals surface area contributed by atoms with Crippen molar-refractivity contribution >= 4 is 39.2 Å². The lowest BCUT2D eigenvalue weighted by molar-refractivity contribution is -0.468. The van der Waals surface area contributed by atoms with Crippen molar-refractivity contribution in [2.24, 2.45) is 0 Å². The van der Waals surface area contributed by atoms with Crippen LogP contribution in [-0.2, 0) is 0 Å². The van der Waals surface area contributed by atoms with E-state index in [4.69, 9.17) is 0 Å². The Morgan fingerprint density at radius 2 is 2.00 bits per heavy atom. The Labute approximate surface area is 144 Å². The zero-order chi connectivity index (χ0) is 18.1. The second kappa shape index (κ2) is 6.29. The number of benzene rings is 1. The van der Waals surface area contributed by atoms with Crippen LogP contribution >= 0.6 is 11.3 Å². The van der Waals surface area contributed by atoms with E-state index < -0.39 is 10.7 Å². The molecule has 1 aromatic carbocycles. The predicted octanol–water partition coefficient (Wildman–Crippen LogP) is 3.08. The van der Waals surface area contributed by atoms with Crippen molar-refractivity contribution < 1.29 is 14.1 Å². The molecule has 0 spiro atoms. The predicted molar refractivity (Wildman–Crippen MR) is 93.1 cm³/mol. The van der Waals surface area contributed by atoms with Crippen LogP contribution in [0, 0.1) is 27.2 Å². The van der Waals surface area contributed by atoms with Gasteiger partial charge in [-0.15, -0.1) is 0 Å². The normalized spacial score (nSPS) is 11.2. The highest BCUT2D eigenvalue weighted by molar-refractivity contribution is 7.16. The summed E-state index contributed by atoms with van der Waals surface area (Å²) in [7, 11) is 0. The van der Waals surface area contributed by atoms with Gasteiger partial charge in [-0.05, 0) is 31.2 Å². The largest absolute Gasteiger partial charge is 0.805 e. The molecule has 0 amide bonds. The standard InChI is InChI=1S/C16H11N3O5S/c1-10-16(18(22)13-5-3-2-4-12(13)17(10)21)14(20)8-6-11-7-9-15(25-11)19(23)24/h2-9H,1H3/b8-6+. The summed E-state index contributed by atoms with van der Waals surface area (Å²) in [6.07, 6.45) is 2.50. The fourth-order valence-corrected chi connectivity index (χ4v) is 3.12. The van der Waals surface area contributed by atoms with Gasteiger partial charge in [-0.3, -0.25) is 14.9 Å². The summed E-state index contributed by atoms with van der Waals surface area (Å²) in [5.41, 5.74) is -0.0347. The van der Waals surface area contributed by atoms with Gasteiger partial charge in [0.1, 0.15) is 5.52 Å². The molecule has 0 aliphatic heterocycles. The first-order valence-corrected chi connectivity index (χ1v) is 7.93. The Morgan fingerprint density at radius 1 is 1.28 bits per heavy atom. The first kappa shape index (κ1) is 16.5. The SMILES string of the molecule is Cc1c(C(=O)/C=C/c2ccc([N+](=O)[O-])s2)[n+](=O)c2ccccc2n1[O-]. The van der Waals surface area contributed by atoms with Gasteiger partial charge in [0, 0.05) is 21.9 Å². The van der Waals surface area contributed by atoms with E-state index >= 15 is 0 Å². The number of allylic oxidation sites excluding steroid dienone is 1. The summed E-state index contributed by atoms with van der Waals surface area (Å²) in [6.45, 7) is 1.39. The molecule has 0 saturated carbocycles. The monoisotopic (exact) mass is 357 g/mol. The third kappa shape index (κ3) is 2.92. The van der Waals surface area contributed by atoms with Crippen LogP contribution < -0.4 is 4.43 Å². The Morgan fingerprint density at radius 3 is 2.68 bits per heavy atom. The first-order chi connectivity index (χ1) is 11.9. The zero-order valence-electron chi connectivity index (χ0n) is 12.9. The van der Waals surface area contributed by atoms with Crippen LogP contribution in [0.3, 0.4) is 0 Å². The molecular formula is C16H11N3O5S. The summed E-state index contributed by atoms with van der Waals surface area (Å²) in [6, 6.07) is 9.01. The molecule has 0 radical (unpaired) electrons. The molecule has 0 atom stereocenters. The van der Waals surface area contributed by atoms with Gasteiger partial charge in [-0.2, -0.15) is 0 Å². The molecule has 0 saturated heterocycles. The van der Waals surface area contributed by atoms with Crippen LogP contribution in [0.25, 0.3) is 17.1 Å². The molecule has 3 rings (SSSR count). The third-order valence-electron chi connectivity index (χ3n) is 3.59. The summed E-state index contributed by atoms with van der Waals surface area (Å²) < 4.78 is 0.976. The number of aromatic nitrogens is 2. The highest BCUT2D eigenvalue weighted by Gasteiger charge is 2.25. The second-order valence-corrected chi connectivity index (χ2v) is 6.24. The quantitative estimate of drug-likeness (QED) is 0.234. The number of thiophene rings is 1. The van der Waals surface area contributed by atoms with Crippen molar-refractivity contribution in [1.82, 2.24) is 4.73 Å². The summed E-state index contributed by atoms with van der Waals surface area (Å²) >= 11 is 0.902. The molecule has 2 aromatic heterocycles. The fourth-order valence-electron chi connectivity index (χ4n) is 2.40. The van der Waals surface area contributed by atoms with Crippen LogP contribution in [0.4, 0.5) is 5.00 Å². The first-order valence-electron chi connectivity index (χ1n) is 7.11. The van der Waals surface area contributed by atoms with E-state index in [1.54, 1.807) is 12.1 Å². The van der Waals surface area contributed by atoms with Gasteiger partial charge in [0.15, 0.2) is 0 Å². The van der Waals surface area contributed by atoms with Crippen LogP contribution in [-0.4, -0.2) is 15.4 Å². The van der Waals surface area contributed by atoms with Crippen molar-refractivity contribution in [3.05, 3.63) is 79.0 Å². The zero-order valence-corrected chi connectivity index (χ0v) is 13.7. The molecule has 0 aliphatic rings. The lowest BCUT2D eigenvalue weighted by Crippen LogP contribution is -2.29. The number of fused-ring (bicyclic) bond motifs is 1. The number of rotatable bonds is 4. The molecule has 0 unspecified atom stereocenters. The summed E-state index contributed by atoms with van der Waals surface area (Å²) in [5, 5.41) is 22.9. The summed E-state index contributed by atoms with van der Waals surface area (Å²) in [5.74, 6) is -0.654. The van der Waals surface area contributed by atoms with Crippen molar-refractivity contribution in [1.29, 1.82) is 0 Å². The molecular weight excluding hydrogens is 346 g/mol. The smallest absolute Gasteiger partial charge is 0.329 e. The summed E-state index contributed by atoms with van der Waals surface area (Å²) in [4.78, 5) is 35.5. The van der Waals surface area contributed by atoms with E-state index in [1.165, 1.54) is 37.3 Å². The number of nitrogens with zero attached hydrogens (tertiary/aromatic N) is 3. The number of hydrogen-bond donors (Lipinski definition) is 0. The van der Waals surface area contributed by atoms with Gasteiger partial charge in [-0.1, -0.05) is 23.5 Å². The van der Waals surface area contributed by atoms with Gasteiger partial charge in [-0.25, -0.2) is 0 Å². The highest BCUT2D eigenvalue weighted by Crippen LogP contribution is 2.25. The van der Waals surface area contributed by atoms with E-state index in [-0.39, 0.29) is 27.4 Å². The minimum Gasteiger partial charge on any atom is -0.805 e. The van der Waals surface area contributed by atoms with Crippen molar-refractivity contribution in [2.75, 3.05) is 0 Å². The van der Waals surface area contributed by atoms with Gasteiger partial charge in [0.05, 0.1) is 15.0 Å². The van der Waals surface area contributed by atoms with E-state index in [2.05, 4.69) is 0 Å². The minimum absolute atomic E-state index is 0.0134. The molecule has 3 aromatic rings. The average Bonchev–Trinajstić information content (AvgIpc) is 3.07. The lowest BCUT2D eigenvalue weighted by atomic mass is 10.2. The molecule has 2 heterocycles. The third-order valence-corrected chi connectivity index (χ3v) is 4.60. The Kier molecular flexibility index (Phi) is 4.15. The fraction of sp³-hybridized carbons (Fsp3) is 0.0625. The number of carbonyl (C=O) groups is 1. The van der Waals surface area contributed by atoms with Gasteiger partial charge >= 0.3 is 10.7 Å². The van der Waals surface area contributed by atoms with E-state index in [0.29, 0.717) is 14.0 Å². The van der Waals surface area contributed by atoms with Crippen LogP contribution in [0.5, 0.6) is 0 Å². The number of ketones is 1. The molecule has 126 valence electrons. The van der Waals surface area contributed by atoms with E-state index in [9.17, 15) is 25.0 Å². The Bertz CT molecular complexity index is 1100. The van der Waals surface area contributed by atoms with Crippen molar-refractivity contribution in [3.63, 3.8) is 0 Å². The molecule has 25 heavy (non-hydrogen) atoms. The molecule has 0 fully saturated rings. The van der Waals surface area contributed by atoms with Gasteiger partial charge in [0.25, 0.3) is 11.3 Å². The topological polar surface area (TPSA) is 111 Å². The van der Waals surface area contributed by atoms with Crippen molar-refractivity contribution in [2.45, 2.75) is 6.92 Å². The highest BCUT2D eigenvalue weighted by atomic mass is 32.1. The molecule has 9 heteroatoms. The molecule has 0 N–H and O–H groups in total. The molecule has 0 aliphatic carbocycles. The lowest BCUT2D eigenvalue weighted by Gasteiger charge is -2.15. The maximum absolute atomic E-state index is 12.5. The number of para-hydroxylation sites is 2. The second-order valence-electron chi connectivity index (χ2n) is 5.14. The van der Waals surface area contributed by atoms with E-state index in [1.807, 2.05) is 0 Å². The number of carbonyl (C=O) groups excluding carboxylic acids is 1. The van der Waals surface area contributed by atoms with Crippen LogP contribution in [0.2, 0.25) is 0 Å². The number of hydrogen-bond acceptors (Lipinski definition) is 6. The average molecular weight is 357 g/mol. The molecule has 8 nitrogen and oxygen atoms in total. The maximum Gasteiger partial charge on any atom is 0.329 e. The van der Waals surface area contributed by atoms with E-state index in [0.717, 1.165) is 17.4 Å². The Hall–Kier alpha value is -3.33. The van der Waals surface area contributed by atoms with Gasteiger partial charge < -0.3 is 9.94 Å². The van der Waals surface area contributed by atoms with Crippen LogP contribution in [0.1, 0.15) is 21.1 Å².